The van der Waals surface area contributed by atoms with Crippen molar-refractivity contribution in [1.29, 1.82) is 0 Å². The van der Waals surface area contributed by atoms with Crippen LogP contribution in [0.25, 0.3) is 0 Å². The van der Waals surface area contributed by atoms with Gasteiger partial charge in [-0.2, -0.15) is 13.2 Å². The maximum atomic E-state index is 13.0. The Kier molecular flexibility index (Phi) is 4.31. The third-order valence-corrected chi connectivity index (χ3v) is 3.65. The number of alkyl halides is 3. The molecule has 126 valence electrons. The van der Waals surface area contributed by atoms with Crippen molar-refractivity contribution in [2.75, 3.05) is 10.6 Å². The number of rotatable bonds is 4. The first-order valence-electron chi connectivity index (χ1n) is 7.11. The summed E-state index contributed by atoms with van der Waals surface area (Å²) in [5.41, 5.74) is -1.08. The minimum Gasteiger partial charge on any atom is -0.338 e. The second kappa shape index (κ2) is 6.27. The fraction of sp³-hybridized carbons (Fsp3) is 0.267. The fourth-order valence-corrected chi connectivity index (χ4v) is 2.21. The lowest BCUT2D eigenvalue weighted by Crippen LogP contribution is -2.15. The summed E-state index contributed by atoms with van der Waals surface area (Å²) in [5, 5.41) is 12.7. The van der Waals surface area contributed by atoms with Crippen LogP contribution < -0.4 is 10.6 Å². The van der Waals surface area contributed by atoms with Gasteiger partial charge in [-0.15, -0.1) is 10.2 Å². The first kappa shape index (κ1) is 16.5. The van der Waals surface area contributed by atoms with Gasteiger partial charge in [0.2, 0.25) is 5.91 Å². The maximum Gasteiger partial charge on any atom is 0.418 e. The minimum absolute atomic E-state index is 0.0166. The van der Waals surface area contributed by atoms with Crippen LogP contribution in [0.5, 0.6) is 0 Å². The molecule has 0 unspecified atom stereocenters. The van der Waals surface area contributed by atoms with E-state index in [1.165, 1.54) is 24.3 Å². The summed E-state index contributed by atoms with van der Waals surface area (Å²) in [6.07, 6.45) is -2.84. The normalized spacial score (nSPS) is 14.3. The van der Waals surface area contributed by atoms with Crippen LogP contribution >= 0.6 is 11.6 Å². The molecule has 0 atom stereocenters. The summed E-state index contributed by atoms with van der Waals surface area (Å²) in [6.45, 7) is 0. The molecule has 9 heteroatoms. The van der Waals surface area contributed by atoms with E-state index in [-0.39, 0.29) is 34.2 Å². The van der Waals surface area contributed by atoms with E-state index in [0.29, 0.717) is 0 Å². The molecule has 0 bridgehead atoms. The lowest BCUT2D eigenvalue weighted by molar-refractivity contribution is -0.136. The molecule has 1 amide bonds. The van der Waals surface area contributed by atoms with Gasteiger partial charge in [-0.25, -0.2) is 0 Å². The van der Waals surface area contributed by atoms with Crippen molar-refractivity contribution in [2.45, 2.75) is 19.0 Å². The van der Waals surface area contributed by atoms with Crippen LogP contribution in [0.2, 0.25) is 5.02 Å². The van der Waals surface area contributed by atoms with Gasteiger partial charge in [0, 0.05) is 10.9 Å². The third-order valence-electron chi connectivity index (χ3n) is 3.41. The van der Waals surface area contributed by atoms with Gasteiger partial charge in [-0.1, -0.05) is 11.6 Å². The van der Waals surface area contributed by atoms with Crippen molar-refractivity contribution < 1.29 is 18.0 Å². The number of halogens is 4. The molecule has 0 aliphatic heterocycles. The van der Waals surface area contributed by atoms with Crippen molar-refractivity contribution >= 4 is 34.8 Å². The smallest absolute Gasteiger partial charge is 0.338 e. The zero-order valence-electron chi connectivity index (χ0n) is 12.2. The molecule has 1 saturated carbocycles. The van der Waals surface area contributed by atoms with Crippen molar-refractivity contribution in [3.63, 3.8) is 0 Å². The molecular weight excluding hydrogens is 345 g/mol. The second-order valence-corrected chi connectivity index (χ2v) is 5.82. The molecule has 1 aliphatic rings. The summed E-state index contributed by atoms with van der Waals surface area (Å²) in [6, 6.07) is 6.30. The monoisotopic (exact) mass is 356 g/mol. The highest BCUT2D eigenvalue weighted by molar-refractivity contribution is 6.30. The van der Waals surface area contributed by atoms with Crippen molar-refractivity contribution in [3.05, 3.63) is 40.9 Å². The highest BCUT2D eigenvalue weighted by Gasteiger charge is 2.34. The molecule has 2 N–H and O–H groups in total. The first-order valence-corrected chi connectivity index (χ1v) is 7.49. The van der Waals surface area contributed by atoms with Gasteiger partial charge in [0.25, 0.3) is 0 Å². The summed E-state index contributed by atoms with van der Waals surface area (Å²) in [7, 11) is 0. The van der Waals surface area contributed by atoms with E-state index in [1.54, 1.807) is 0 Å². The molecule has 0 radical (unpaired) electrons. The number of nitrogens with zero attached hydrogens (tertiary/aromatic N) is 2. The number of amides is 1. The Hall–Kier alpha value is -2.35. The number of carbonyl (C=O) groups excluding carboxylic acids is 1. The van der Waals surface area contributed by atoms with Gasteiger partial charge in [-0.3, -0.25) is 4.79 Å². The molecule has 1 aromatic carbocycles. The first-order chi connectivity index (χ1) is 11.3. The van der Waals surface area contributed by atoms with E-state index in [1.807, 2.05) is 0 Å². The predicted molar refractivity (Wildman–Crippen MR) is 83.1 cm³/mol. The molecule has 24 heavy (non-hydrogen) atoms. The third kappa shape index (κ3) is 3.94. The number of anilines is 3. The average Bonchev–Trinajstić information content (AvgIpc) is 3.35. The Balaban J connectivity index is 1.75. The van der Waals surface area contributed by atoms with Crippen LogP contribution in [0, 0.1) is 5.92 Å². The van der Waals surface area contributed by atoms with E-state index in [2.05, 4.69) is 20.8 Å². The summed E-state index contributed by atoms with van der Waals surface area (Å²) >= 11 is 5.63. The van der Waals surface area contributed by atoms with E-state index in [9.17, 15) is 18.0 Å². The summed E-state index contributed by atoms with van der Waals surface area (Å²) < 4.78 is 39.1. The molecule has 0 saturated heterocycles. The molecule has 1 aromatic heterocycles. The number of hydrogen-bond donors (Lipinski definition) is 2. The molecule has 1 heterocycles. The highest BCUT2D eigenvalue weighted by Crippen LogP contribution is 2.37. The van der Waals surface area contributed by atoms with Crippen LogP contribution in [0.1, 0.15) is 18.4 Å². The van der Waals surface area contributed by atoms with Crippen LogP contribution in [0.4, 0.5) is 30.5 Å². The molecule has 5 nitrogen and oxygen atoms in total. The van der Waals surface area contributed by atoms with E-state index >= 15 is 0 Å². The second-order valence-electron chi connectivity index (χ2n) is 5.38. The SMILES string of the molecule is O=C(Nc1ccc(Nc2ccc(Cl)cc2C(F)(F)F)nn1)C1CC1. The Bertz CT molecular complexity index is 760. The predicted octanol–water partition coefficient (Wildman–Crippen LogP) is 4.24. The molecule has 2 aromatic rings. The van der Waals surface area contributed by atoms with Gasteiger partial charge in [-0.05, 0) is 43.2 Å². The quantitative estimate of drug-likeness (QED) is 0.859. The van der Waals surface area contributed by atoms with Gasteiger partial charge >= 0.3 is 6.18 Å². The Morgan fingerprint density at radius 1 is 1.12 bits per heavy atom. The number of aromatic nitrogens is 2. The lowest BCUT2D eigenvalue weighted by atomic mass is 10.1. The van der Waals surface area contributed by atoms with E-state index in [4.69, 9.17) is 11.6 Å². The van der Waals surface area contributed by atoms with Crippen LogP contribution in [-0.2, 0) is 11.0 Å². The number of nitrogens with one attached hydrogen (secondary N) is 2. The number of benzene rings is 1. The van der Waals surface area contributed by atoms with E-state index < -0.39 is 11.7 Å². The summed E-state index contributed by atoms with van der Waals surface area (Å²) in [4.78, 5) is 11.6. The van der Waals surface area contributed by atoms with Gasteiger partial charge in [0.05, 0.1) is 11.3 Å². The van der Waals surface area contributed by atoms with Crippen molar-refractivity contribution in [3.8, 4) is 0 Å². The van der Waals surface area contributed by atoms with Gasteiger partial charge < -0.3 is 10.6 Å². The Morgan fingerprint density at radius 3 is 2.38 bits per heavy atom. The van der Waals surface area contributed by atoms with Gasteiger partial charge in [0.15, 0.2) is 11.6 Å². The molecule has 3 rings (SSSR count). The molecule has 0 spiro atoms. The Morgan fingerprint density at radius 2 is 1.79 bits per heavy atom. The lowest BCUT2D eigenvalue weighted by Gasteiger charge is -2.14. The largest absolute Gasteiger partial charge is 0.418 e. The number of hydrogen-bond acceptors (Lipinski definition) is 4. The van der Waals surface area contributed by atoms with E-state index in [0.717, 1.165) is 18.9 Å². The highest BCUT2D eigenvalue weighted by atomic mass is 35.5. The molecular formula is C15H12ClF3N4O. The maximum absolute atomic E-state index is 13.0. The molecule has 1 aliphatic carbocycles. The molecule has 1 fully saturated rings. The zero-order chi connectivity index (χ0) is 17.3. The number of carbonyl (C=O) groups is 1. The fourth-order valence-electron chi connectivity index (χ4n) is 2.04. The average molecular weight is 357 g/mol. The van der Waals surface area contributed by atoms with Crippen LogP contribution in [0.3, 0.4) is 0 Å². The van der Waals surface area contributed by atoms with Crippen molar-refractivity contribution in [1.82, 2.24) is 10.2 Å². The standard InChI is InChI=1S/C15H12ClF3N4O/c16-9-3-4-11(10(7-9)15(17,18)19)20-12-5-6-13(23-22-12)21-14(24)8-1-2-8/h3-8H,1-2H2,(H,20,22)(H,21,23,24). The van der Waals surface area contributed by atoms with Crippen LogP contribution in [-0.4, -0.2) is 16.1 Å². The van der Waals surface area contributed by atoms with Crippen LogP contribution in [0.15, 0.2) is 30.3 Å². The summed E-state index contributed by atoms with van der Waals surface area (Å²) in [5.74, 6) is 0.270. The Labute approximate surface area is 140 Å². The minimum atomic E-state index is -4.56. The van der Waals surface area contributed by atoms with Crippen molar-refractivity contribution in [2.24, 2.45) is 5.92 Å². The van der Waals surface area contributed by atoms with Gasteiger partial charge in [0.1, 0.15) is 0 Å². The topological polar surface area (TPSA) is 66.9 Å². The zero-order valence-corrected chi connectivity index (χ0v) is 12.9.